The molecule has 0 aromatic heterocycles. The molecule has 0 aliphatic carbocycles. The quantitative estimate of drug-likeness (QED) is 0.464. The fourth-order valence-electron chi connectivity index (χ4n) is 1.72. The SMILES string of the molecule is O=C(C=CCc1ccccc1)C(=O)c1ccccc1. The lowest BCUT2D eigenvalue weighted by Gasteiger charge is -1.96. The normalized spacial score (nSPS) is 10.5. The number of benzene rings is 2. The van der Waals surface area contributed by atoms with Gasteiger partial charge in [0.25, 0.3) is 0 Å². The number of hydrogen-bond donors (Lipinski definition) is 0. The summed E-state index contributed by atoms with van der Waals surface area (Å²) in [4.78, 5) is 23.5. The first-order valence-electron chi connectivity index (χ1n) is 6.11. The van der Waals surface area contributed by atoms with Crippen molar-refractivity contribution < 1.29 is 9.59 Å². The maximum atomic E-state index is 11.8. The van der Waals surface area contributed by atoms with Crippen LogP contribution in [0.25, 0.3) is 0 Å². The second kappa shape index (κ2) is 6.45. The zero-order valence-electron chi connectivity index (χ0n) is 10.5. The van der Waals surface area contributed by atoms with Crippen LogP contribution in [0.1, 0.15) is 15.9 Å². The summed E-state index contributed by atoms with van der Waals surface area (Å²) >= 11 is 0. The van der Waals surface area contributed by atoms with E-state index in [-0.39, 0.29) is 0 Å². The maximum absolute atomic E-state index is 11.8. The van der Waals surface area contributed by atoms with Crippen LogP contribution in [0.3, 0.4) is 0 Å². The molecule has 2 heteroatoms. The highest BCUT2D eigenvalue weighted by Crippen LogP contribution is 2.03. The largest absolute Gasteiger partial charge is 0.286 e. The van der Waals surface area contributed by atoms with E-state index in [2.05, 4.69) is 0 Å². The number of Topliss-reactive ketones (excluding diaryl/α,β-unsaturated/α-hetero) is 1. The van der Waals surface area contributed by atoms with Crippen molar-refractivity contribution in [2.24, 2.45) is 0 Å². The number of carbonyl (C=O) groups excluding carboxylic acids is 2. The average Bonchev–Trinajstić information content (AvgIpc) is 2.48. The molecule has 0 atom stereocenters. The van der Waals surface area contributed by atoms with Crippen LogP contribution in [0.2, 0.25) is 0 Å². The predicted octanol–water partition coefficient (Wildman–Crippen LogP) is 3.24. The summed E-state index contributed by atoms with van der Waals surface area (Å²) in [6.45, 7) is 0. The van der Waals surface area contributed by atoms with Crippen molar-refractivity contribution in [2.45, 2.75) is 6.42 Å². The molecule has 0 N–H and O–H groups in total. The summed E-state index contributed by atoms with van der Waals surface area (Å²) in [7, 11) is 0. The Balaban J connectivity index is 1.96. The summed E-state index contributed by atoms with van der Waals surface area (Å²) in [5.41, 5.74) is 1.54. The summed E-state index contributed by atoms with van der Waals surface area (Å²) in [6.07, 6.45) is 3.72. The zero-order valence-corrected chi connectivity index (χ0v) is 10.5. The first kappa shape index (κ1) is 13.0. The van der Waals surface area contributed by atoms with E-state index in [4.69, 9.17) is 0 Å². The van der Waals surface area contributed by atoms with Crippen molar-refractivity contribution in [3.63, 3.8) is 0 Å². The summed E-state index contributed by atoms with van der Waals surface area (Å²) < 4.78 is 0. The summed E-state index contributed by atoms with van der Waals surface area (Å²) in [5, 5.41) is 0. The van der Waals surface area contributed by atoms with Crippen LogP contribution in [0, 0.1) is 0 Å². The minimum absolute atomic E-state index is 0.428. The third kappa shape index (κ3) is 3.75. The number of carbonyl (C=O) groups is 2. The molecule has 94 valence electrons. The number of allylic oxidation sites excluding steroid dienone is 2. The van der Waals surface area contributed by atoms with E-state index in [1.165, 1.54) is 6.08 Å². The molecule has 0 fully saturated rings. The van der Waals surface area contributed by atoms with Crippen LogP contribution in [0.15, 0.2) is 72.8 Å². The van der Waals surface area contributed by atoms with Crippen molar-refractivity contribution in [3.05, 3.63) is 83.9 Å². The maximum Gasteiger partial charge on any atom is 0.232 e. The Kier molecular flexibility index (Phi) is 4.40. The van der Waals surface area contributed by atoms with Crippen LogP contribution in [0.5, 0.6) is 0 Å². The lowest BCUT2D eigenvalue weighted by atomic mass is 10.1. The molecule has 0 aliphatic heterocycles. The fraction of sp³-hybridized carbons (Fsp3) is 0.0588. The molecular weight excluding hydrogens is 236 g/mol. The minimum atomic E-state index is -0.484. The van der Waals surface area contributed by atoms with Gasteiger partial charge in [0.1, 0.15) is 0 Å². The molecule has 0 heterocycles. The second-order valence-corrected chi connectivity index (χ2v) is 4.15. The van der Waals surface area contributed by atoms with Gasteiger partial charge in [0, 0.05) is 5.56 Å². The van der Waals surface area contributed by atoms with E-state index in [0.717, 1.165) is 5.56 Å². The van der Waals surface area contributed by atoms with Crippen molar-refractivity contribution in [1.29, 1.82) is 0 Å². The molecule has 0 radical (unpaired) electrons. The van der Waals surface area contributed by atoms with Gasteiger partial charge in [0.15, 0.2) is 0 Å². The molecule has 2 rings (SSSR count). The molecule has 0 saturated carbocycles. The Morgan fingerprint density at radius 2 is 1.42 bits per heavy atom. The lowest BCUT2D eigenvalue weighted by molar-refractivity contribution is -0.110. The van der Waals surface area contributed by atoms with Crippen LogP contribution in [-0.2, 0) is 11.2 Å². The van der Waals surface area contributed by atoms with Crippen molar-refractivity contribution in [2.75, 3.05) is 0 Å². The molecule has 19 heavy (non-hydrogen) atoms. The van der Waals surface area contributed by atoms with Gasteiger partial charge in [0.05, 0.1) is 0 Å². The number of rotatable bonds is 5. The molecule has 0 saturated heterocycles. The highest BCUT2D eigenvalue weighted by molar-refractivity contribution is 6.47. The highest BCUT2D eigenvalue weighted by atomic mass is 16.2. The molecular formula is C17H14O2. The molecule has 0 unspecified atom stereocenters. The highest BCUT2D eigenvalue weighted by Gasteiger charge is 2.11. The molecule has 2 aromatic rings. The monoisotopic (exact) mass is 250 g/mol. The van der Waals surface area contributed by atoms with Gasteiger partial charge in [-0.15, -0.1) is 0 Å². The summed E-state index contributed by atoms with van der Waals surface area (Å²) in [5.74, 6) is -0.952. The van der Waals surface area contributed by atoms with E-state index >= 15 is 0 Å². The molecule has 2 aromatic carbocycles. The molecule has 0 bridgehead atoms. The van der Waals surface area contributed by atoms with Gasteiger partial charge < -0.3 is 0 Å². The predicted molar refractivity (Wildman–Crippen MR) is 75.1 cm³/mol. The Bertz CT molecular complexity index is 583. The molecule has 0 aliphatic rings. The Morgan fingerprint density at radius 3 is 2.05 bits per heavy atom. The van der Waals surface area contributed by atoms with Crippen molar-refractivity contribution in [1.82, 2.24) is 0 Å². The summed E-state index contributed by atoms with van der Waals surface area (Å²) in [6, 6.07) is 18.4. The number of hydrogen-bond acceptors (Lipinski definition) is 2. The smallest absolute Gasteiger partial charge is 0.232 e. The Labute approximate surface area is 112 Å². The van der Waals surface area contributed by atoms with Crippen LogP contribution < -0.4 is 0 Å². The minimum Gasteiger partial charge on any atom is -0.286 e. The third-order valence-electron chi connectivity index (χ3n) is 2.73. The van der Waals surface area contributed by atoms with E-state index in [1.807, 2.05) is 36.4 Å². The van der Waals surface area contributed by atoms with Crippen LogP contribution >= 0.6 is 0 Å². The van der Waals surface area contributed by atoms with E-state index < -0.39 is 11.6 Å². The third-order valence-corrected chi connectivity index (χ3v) is 2.73. The van der Waals surface area contributed by atoms with Gasteiger partial charge in [-0.3, -0.25) is 9.59 Å². The van der Waals surface area contributed by atoms with Crippen LogP contribution in [-0.4, -0.2) is 11.6 Å². The van der Waals surface area contributed by atoms with Crippen LogP contribution in [0.4, 0.5) is 0 Å². The van der Waals surface area contributed by atoms with E-state index in [1.54, 1.807) is 30.3 Å². The van der Waals surface area contributed by atoms with E-state index in [0.29, 0.717) is 12.0 Å². The molecule has 2 nitrogen and oxygen atoms in total. The Morgan fingerprint density at radius 1 is 0.842 bits per heavy atom. The van der Waals surface area contributed by atoms with Crippen molar-refractivity contribution >= 4 is 11.6 Å². The first-order chi connectivity index (χ1) is 9.27. The first-order valence-corrected chi connectivity index (χ1v) is 6.11. The number of ketones is 2. The second-order valence-electron chi connectivity index (χ2n) is 4.15. The van der Waals surface area contributed by atoms with E-state index in [9.17, 15) is 9.59 Å². The lowest BCUT2D eigenvalue weighted by Crippen LogP contribution is -2.10. The molecule has 0 spiro atoms. The van der Waals surface area contributed by atoms with Gasteiger partial charge >= 0.3 is 0 Å². The fourth-order valence-corrected chi connectivity index (χ4v) is 1.72. The zero-order chi connectivity index (χ0) is 13.5. The molecule has 0 amide bonds. The van der Waals surface area contributed by atoms with Gasteiger partial charge in [-0.1, -0.05) is 66.7 Å². The van der Waals surface area contributed by atoms with Gasteiger partial charge in [0.2, 0.25) is 11.6 Å². The van der Waals surface area contributed by atoms with Crippen molar-refractivity contribution in [3.8, 4) is 0 Å². The van der Waals surface area contributed by atoms with Gasteiger partial charge in [-0.05, 0) is 18.1 Å². The standard InChI is InChI=1S/C17H14O2/c18-16(17(19)15-11-5-2-6-12-15)13-7-10-14-8-3-1-4-9-14/h1-9,11-13H,10H2. The van der Waals surface area contributed by atoms with Gasteiger partial charge in [-0.2, -0.15) is 0 Å². The van der Waals surface area contributed by atoms with Gasteiger partial charge in [-0.25, -0.2) is 0 Å². The Hall–Kier alpha value is -2.48. The topological polar surface area (TPSA) is 34.1 Å². The average molecular weight is 250 g/mol.